The van der Waals surface area contributed by atoms with Crippen LogP contribution in [0, 0.1) is 10.7 Å². The van der Waals surface area contributed by atoms with Gasteiger partial charge in [-0.25, -0.2) is 0 Å². The Morgan fingerprint density at radius 1 is 1.59 bits per heavy atom. The fourth-order valence-corrected chi connectivity index (χ4v) is 2.64. The molecule has 0 bridgehead atoms. The van der Waals surface area contributed by atoms with Crippen molar-refractivity contribution in [3.05, 3.63) is 16.2 Å². The van der Waals surface area contributed by atoms with Gasteiger partial charge < -0.3 is 4.74 Å². The Balaban J connectivity index is 2.41. The summed E-state index contributed by atoms with van der Waals surface area (Å²) in [5, 5.41) is 9.10. The summed E-state index contributed by atoms with van der Waals surface area (Å²) in [4.78, 5) is 1.06. The van der Waals surface area contributed by atoms with Crippen LogP contribution in [0.1, 0.15) is 13.8 Å². The van der Waals surface area contributed by atoms with Crippen molar-refractivity contribution in [3.8, 4) is 16.5 Å². The summed E-state index contributed by atoms with van der Waals surface area (Å²) in [6, 6.07) is 1.98. The van der Waals surface area contributed by atoms with E-state index in [0.29, 0.717) is 10.7 Å². The van der Waals surface area contributed by atoms with Crippen LogP contribution < -0.4 is 4.74 Å². The van der Waals surface area contributed by atoms with Gasteiger partial charge in [0.25, 0.3) is 0 Å². The lowest BCUT2D eigenvalue weighted by Gasteiger charge is -2.07. The summed E-state index contributed by atoms with van der Waals surface area (Å²) < 4.78 is 7.88. The molecule has 2 rings (SSSR count). The standard InChI is InChI=1S/C11H15N3OS2/c1-7(2)5-14-10(12-13-11(14)16)9-4-8(15-3)6-17-9/h4,6-7H,5H2,1-3H3,(H,13,16). The summed E-state index contributed by atoms with van der Waals surface area (Å²) >= 11 is 6.85. The lowest BCUT2D eigenvalue weighted by Crippen LogP contribution is -2.05. The zero-order valence-corrected chi connectivity index (χ0v) is 11.7. The van der Waals surface area contributed by atoms with Crippen molar-refractivity contribution in [2.45, 2.75) is 20.4 Å². The molecule has 0 radical (unpaired) electrons. The maximum absolute atomic E-state index is 5.24. The first kappa shape index (κ1) is 12.3. The van der Waals surface area contributed by atoms with Crippen LogP contribution in [0.5, 0.6) is 5.75 Å². The number of thiophene rings is 1. The SMILES string of the molecule is COc1csc(-c2n[nH]c(=S)n2CC(C)C)c1. The lowest BCUT2D eigenvalue weighted by molar-refractivity contribution is 0.417. The van der Waals surface area contributed by atoms with Crippen LogP contribution in [0.2, 0.25) is 0 Å². The first-order valence-corrected chi connectivity index (χ1v) is 6.68. The van der Waals surface area contributed by atoms with Crippen LogP contribution in [0.15, 0.2) is 11.4 Å². The van der Waals surface area contributed by atoms with Gasteiger partial charge in [-0.3, -0.25) is 9.67 Å². The number of aromatic amines is 1. The number of hydrogen-bond acceptors (Lipinski definition) is 4. The van der Waals surface area contributed by atoms with Gasteiger partial charge in [0, 0.05) is 18.0 Å². The molecule has 0 aliphatic heterocycles. The van der Waals surface area contributed by atoms with Gasteiger partial charge in [-0.05, 0) is 18.1 Å². The second-order valence-electron chi connectivity index (χ2n) is 4.21. The molecule has 2 aromatic heterocycles. The average Bonchev–Trinajstić information content (AvgIpc) is 2.86. The maximum atomic E-state index is 5.24. The Kier molecular flexibility index (Phi) is 3.63. The van der Waals surface area contributed by atoms with E-state index >= 15 is 0 Å². The zero-order valence-electron chi connectivity index (χ0n) is 10.1. The van der Waals surface area contributed by atoms with Crippen LogP contribution in [-0.4, -0.2) is 21.9 Å². The van der Waals surface area contributed by atoms with Crippen molar-refractivity contribution in [1.29, 1.82) is 0 Å². The lowest BCUT2D eigenvalue weighted by atomic mass is 10.2. The van der Waals surface area contributed by atoms with Crippen molar-refractivity contribution < 1.29 is 4.74 Å². The largest absolute Gasteiger partial charge is 0.496 e. The van der Waals surface area contributed by atoms with E-state index < -0.39 is 0 Å². The summed E-state index contributed by atoms with van der Waals surface area (Å²) in [6.07, 6.45) is 0. The van der Waals surface area contributed by atoms with Gasteiger partial charge in [0.2, 0.25) is 0 Å². The van der Waals surface area contributed by atoms with Crippen molar-refractivity contribution in [2.24, 2.45) is 5.92 Å². The number of methoxy groups -OCH3 is 1. The van der Waals surface area contributed by atoms with Crippen LogP contribution in [0.4, 0.5) is 0 Å². The summed E-state index contributed by atoms with van der Waals surface area (Å²) in [7, 11) is 1.66. The predicted octanol–water partition coefficient (Wildman–Crippen LogP) is 3.33. The molecule has 0 aliphatic rings. The number of nitrogens with one attached hydrogen (secondary N) is 1. The van der Waals surface area contributed by atoms with Crippen LogP contribution >= 0.6 is 23.6 Å². The Labute approximate surface area is 109 Å². The predicted molar refractivity (Wildman–Crippen MR) is 72.1 cm³/mol. The van der Waals surface area contributed by atoms with Gasteiger partial charge >= 0.3 is 0 Å². The highest BCUT2D eigenvalue weighted by atomic mass is 32.1. The molecule has 6 heteroatoms. The van der Waals surface area contributed by atoms with E-state index in [1.807, 2.05) is 16.0 Å². The molecule has 0 unspecified atom stereocenters. The third-order valence-electron chi connectivity index (χ3n) is 2.34. The smallest absolute Gasteiger partial charge is 0.195 e. The van der Waals surface area contributed by atoms with Gasteiger partial charge in [0.05, 0.1) is 12.0 Å². The van der Waals surface area contributed by atoms with E-state index in [1.165, 1.54) is 0 Å². The molecule has 0 aromatic carbocycles. The normalized spacial score (nSPS) is 11.1. The fourth-order valence-electron chi connectivity index (χ4n) is 1.58. The van der Waals surface area contributed by atoms with Gasteiger partial charge in [-0.15, -0.1) is 11.3 Å². The highest BCUT2D eigenvalue weighted by Gasteiger charge is 2.12. The summed E-state index contributed by atoms with van der Waals surface area (Å²) in [6.45, 7) is 5.19. The van der Waals surface area contributed by atoms with E-state index in [0.717, 1.165) is 23.0 Å². The maximum Gasteiger partial charge on any atom is 0.195 e. The number of H-pyrrole nitrogens is 1. The van der Waals surface area contributed by atoms with Crippen LogP contribution in [0.3, 0.4) is 0 Å². The molecule has 4 nitrogen and oxygen atoms in total. The first-order valence-electron chi connectivity index (χ1n) is 5.40. The molecule has 0 saturated heterocycles. The second-order valence-corrected chi connectivity index (χ2v) is 5.51. The molecule has 0 saturated carbocycles. The minimum absolute atomic E-state index is 0.528. The molecule has 0 aliphatic carbocycles. The van der Waals surface area contributed by atoms with Crippen LogP contribution in [-0.2, 0) is 6.54 Å². The van der Waals surface area contributed by atoms with Crippen molar-refractivity contribution >= 4 is 23.6 Å². The summed E-state index contributed by atoms with van der Waals surface area (Å²) in [5.41, 5.74) is 0. The number of rotatable bonds is 4. The van der Waals surface area contributed by atoms with Gasteiger partial charge in [-0.2, -0.15) is 5.10 Å². The van der Waals surface area contributed by atoms with E-state index in [1.54, 1.807) is 18.4 Å². The molecule has 2 heterocycles. The van der Waals surface area contributed by atoms with E-state index in [9.17, 15) is 0 Å². The summed E-state index contributed by atoms with van der Waals surface area (Å²) in [5.74, 6) is 2.27. The number of ether oxygens (including phenoxy) is 1. The highest BCUT2D eigenvalue weighted by molar-refractivity contribution is 7.71. The van der Waals surface area contributed by atoms with Crippen molar-refractivity contribution in [1.82, 2.24) is 14.8 Å². The average molecular weight is 269 g/mol. The van der Waals surface area contributed by atoms with Gasteiger partial charge in [0.15, 0.2) is 10.6 Å². The third kappa shape index (κ3) is 2.58. The monoisotopic (exact) mass is 269 g/mol. The molecule has 17 heavy (non-hydrogen) atoms. The second kappa shape index (κ2) is 5.01. The Hall–Kier alpha value is -1.14. The highest BCUT2D eigenvalue weighted by Crippen LogP contribution is 2.30. The Bertz CT molecular complexity index is 553. The van der Waals surface area contributed by atoms with Gasteiger partial charge in [0.1, 0.15) is 5.75 Å². The van der Waals surface area contributed by atoms with Gasteiger partial charge in [-0.1, -0.05) is 13.8 Å². The van der Waals surface area contributed by atoms with E-state index in [4.69, 9.17) is 17.0 Å². The van der Waals surface area contributed by atoms with Crippen molar-refractivity contribution in [2.75, 3.05) is 7.11 Å². The first-order chi connectivity index (χ1) is 8.11. The number of hydrogen-bond donors (Lipinski definition) is 1. The molecule has 0 fully saturated rings. The molecule has 2 aromatic rings. The van der Waals surface area contributed by atoms with Crippen molar-refractivity contribution in [3.63, 3.8) is 0 Å². The molecular formula is C11H15N3OS2. The third-order valence-corrected chi connectivity index (χ3v) is 3.55. The Morgan fingerprint density at radius 2 is 2.35 bits per heavy atom. The fraction of sp³-hybridized carbons (Fsp3) is 0.455. The number of aromatic nitrogens is 3. The molecule has 1 N–H and O–H groups in total. The minimum atomic E-state index is 0.528. The molecule has 0 amide bonds. The molecule has 0 atom stereocenters. The zero-order chi connectivity index (χ0) is 12.4. The Morgan fingerprint density at radius 3 is 2.94 bits per heavy atom. The molecule has 0 spiro atoms. The van der Waals surface area contributed by atoms with E-state index in [2.05, 4.69) is 24.0 Å². The van der Waals surface area contributed by atoms with E-state index in [-0.39, 0.29) is 0 Å². The van der Waals surface area contributed by atoms with Crippen LogP contribution in [0.25, 0.3) is 10.7 Å². The minimum Gasteiger partial charge on any atom is -0.496 e. The quantitative estimate of drug-likeness (QED) is 0.866. The molecular weight excluding hydrogens is 254 g/mol. The topological polar surface area (TPSA) is 42.8 Å². The molecule has 92 valence electrons. The number of nitrogens with zero attached hydrogens (tertiary/aromatic N) is 2.